The zero-order chi connectivity index (χ0) is 16.1. The summed E-state index contributed by atoms with van der Waals surface area (Å²) in [5.74, 6) is 0. The van der Waals surface area contributed by atoms with Crippen molar-refractivity contribution < 1.29 is 31.7 Å². The fourth-order valence-electron chi connectivity index (χ4n) is 1.68. The molecule has 0 fully saturated rings. The summed E-state index contributed by atoms with van der Waals surface area (Å²) in [4.78, 5) is 3.77. The van der Waals surface area contributed by atoms with Crippen LogP contribution < -0.4 is 0 Å². The van der Waals surface area contributed by atoms with Crippen molar-refractivity contribution in [2.24, 2.45) is 0 Å². The van der Waals surface area contributed by atoms with Gasteiger partial charge in [0.1, 0.15) is 0 Å². The van der Waals surface area contributed by atoms with Gasteiger partial charge in [0.05, 0.1) is 13.2 Å². The Balaban J connectivity index is 0.00000441. The van der Waals surface area contributed by atoms with Crippen LogP contribution in [0.15, 0.2) is 24.5 Å². The van der Waals surface area contributed by atoms with Crippen LogP contribution in [0.3, 0.4) is 0 Å². The third kappa shape index (κ3) is 4.63. The number of hydrogen-bond acceptors (Lipinski definition) is 7. The van der Waals surface area contributed by atoms with Crippen molar-refractivity contribution in [3.63, 3.8) is 0 Å². The molecule has 1 aromatic rings. The Bertz CT molecular complexity index is 602. The number of rotatable bonds is 8. The monoisotopic (exact) mass is 346 g/mol. The molecule has 1 atom stereocenters. The van der Waals surface area contributed by atoms with Gasteiger partial charge >= 0.3 is 17.7 Å². The van der Waals surface area contributed by atoms with Crippen LogP contribution >= 0.6 is 7.60 Å². The Labute approximate surface area is 141 Å². The second-order valence-corrected chi connectivity index (χ2v) is 8.27. The van der Waals surface area contributed by atoms with Gasteiger partial charge < -0.3 is 14.2 Å². The van der Waals surface area contributed by atoms with E-state index in [1.54, 1.807) is 0 Å². The molecule has 0 aliphatic rings. The maximum Gasteiger partial charge on any atom is 0.380 e. The largest absolute Gasteiger partial charge is 0.380 e. The van der Waals surface area contributed by atoms with Crippen molar-refractivity contribution in [3.05, 3.63) is 30.1 Å². The first kappa shape index (κ1) is 21.8. The summed E-state index contributed by atoms with van der Waals surface area (Å²) >= 11 is 0. The van der Waals surface area contributed by atoms with Crippen molar-refractivity contribution in [2.75, 3.05) is 13.2 Å². The molecule has 22 heavy (non-hydrogen) atoms. The molecule has 11 heteroatoms. The minimum Gasteiger partial charge on any atom is -0.363 e. The first-order valence-electron chi connectivity index (χ1n) is 6.17. The molecule has 2 N–H and O–H groups in total. The molecule has 1 heterocycles. The van der Waals surface area contributed by atoms with Crippen LogP contribution in [-0.2, 0) is 30.2 Å². The van der Waals surface area contributed by atoms with Crippen molar-refractivity contribution in [3.8, 4) is 0 Å². The van der Waals surface area contributed by atoms with Gasteiger partial charge in [-0.15, -0.1) is 0 Å². The van der Waals surface area contributed by atoms with E-state index in [4.69, 9.17) is 9.05 Å². The molecule has 0 aromatic carbocycles. The summed E-state index contributed by atoms with van der Waals surface area (Å²) in [5, 5.41) is 10.4. The molecule has 0 bridgehead atoms. The van der Waals surface area contributed by atoms with Gasteiger partial charge in [-0.3, -0.25) is 14.1 Å². The quantitative estimate of drug-likeness (QED) is 0.407. The summed E-state index contributed by atoms with van der Waals surface area (Å²) in [6, 6.07) is 2.97. The average molecular weight is 346 g/mol. The van der Waals surface area contributed by atoms with E-state index in [2.05, 4.69) is 4.98 Å². The standard InChI is InChI=1S/C11H18NO7PS.Li/c1-3-18-20(14,19-4-2)11(13,21(15,16)17)8-10-6-5-7-12-9-10;/h5-7,9,13H,3-4,8H2,1-2H3,(H,15,16,17);. The first-order valence-corrected chi connectivity index (χ1v) is 9.16. The number of aromatic nitrogens is 1. The maximum atomic E-state index is 12.6. The molecule has 1 rings (SSSR count). The number of pyridine rings is 1. The summed E-state index contributed by atoms with van der Waals surface area (Å²) in [7, 11) is -9.69. The van der Waals surface area contributed by atoms with Gasteiger partial charge in [-0.25, -0.2) is 0 Å². The summed E-state index contributed by atoms with van der Waals surface area (Å²) in [5.41, 5.74) is 0.247. The molecule has 121 valence electrons. The van der Waals surface area contributed by atoms with Crippen LogP contribution in [0.5, 0.6) is 0 Å². The van der Waals surface area contributed by atoms with E-state index in [1.807, 2.05) is 0 Å². The predicted octanol–water partition coefficient (Wildman–Crippen LogP) is 1.04. The van der Waals surface area contributed by atoms with Gasteiger partial charge in [0.2, 0.25) is 0 Å². The van der Waals surface area contributed by atoms with Crippen LogP contribution in [0.4, 0.5) is 0 Å². The third-order valence-electron chi connectivity index (χ3n) is 2.60. The molecular formula is C11H18LiNO7PS. The van der Waals surface area contributed by atoms with Crippen LogP contribution in [-0.4, -0.2) is 59.8 Å². The summed E-state index contributed by atoms with van der Waals surface area (Å²) in [6.45, 7) is 2.59. The van der Waals surface area contributed by atoms with Gasteiger partial charge in [0, 0.05) is 37.7 Å². The maximum absolute atomic E-state index is 12.6. The minimum atomic E-state index is -5.15. The van der Waals surface area contributed by atoms with E-state index < -0.39 is 28.8 Å². The van der Waals surface area contributed by atoms with Gasteiger partial charge in [-0.1, -0.05) is 6.07 Å². The Morgan fingerprint density at radius 2 is 1.86 bits per heavy atom. The van der Waals surface area contributed by atoms with Gasteiger partial charge in [-0.2, -0.15) is 8.42 Å². The van der Waals surface area contributed by atoms with Gasteiger partial charge in [0.15, 0.2) is 0 Å². The molecule has 1 radical (unpaired) electrons. The molecule has 0 saturated heterocycles. The Morgan fingerprint density at radius 3 is 2.23 bits per heavy atom. The van der Waals surface area contributed by atoms with Crippen molar-refractivity contribution in [1.29, 1.82) is 0 Å². The number of nitrogens with zero attached hydrogens (tertiary/aromatic N) is 1. The molecule has 0 aliphatic heterocycles. The molecular weight excluding hydrogens is 328 g/mol. The number of hydrogen-bond donors (Lipinski definition) is 2. The summed E-state index contributed by atoms with van der Waals surface area (Å²) < 4.78 is 51.8. The van der Waals surface area contributed by atoms with Crippen LogP contribution in [0.25, 0.3) is 0 Å². The van der Waals surface area contributed by atoms with E-state index in [9.17, 15) is 22.6 Å². The molecule has 1 unspecified atom stereocenters. The fraction of sp³-hybridized carbons (Fsp3) is 0.545. The van der Waals surface area contributed by atoms with Crippen molar-refractivity contribution in [2.45, 2.75) is 24.9 Å². The van der Waals surface area contributed by atoms with Crippen molar-refractivity contribution in [1.82, 2.24) is 4.98 Å². The SMILES string of the molecule is CCOP(=O)(OCC)C(O)(Cc1cccnc1)S(=O)(=O)O.[Li]. The Morgan fingerprint density at radius 1 is 1.32 bits per heavy atom. The minimum absolute atomic E-state index is 0. The number of aliphatic hydroxyl groups is 1. The molecule has 0 aliphatic carbocycles. The Hall–Kier alpha value is -0.233. The fourth-order valence-corrected chi connectivity index (χ4v) is 5.01. The van der Waals surface area contributed by atoms with Crippen LogP contribution in [0.2, 0.25) is 0 Å². The second-order valence-electron chi connectivity index (χ2n) is 4.09. The Kier molecular flexibility index (Phi) is 8.48. The topological polar surface area (TPSA) is 123 Å². The molecule has 0 amide bonds. The third-order valence-corrected chi connectivity index (χ3v) is 7.14. The molecule has 1 aromatic heterocycles. The smallest absolute Gasteiger partial charge is 0.363 e. The van der Waals surface area contributed by atoms with Gasteiger partial charge in [0.25, 0.3) is 4.67 Å². The van der Waals surface area contributed by atoms with Crippen LogP contribution in [0, 0.1) is 0 Å². The average Bonchev–Trinajstić information content (AvgIpc) is 2.39. The molecule has 8 nitrogen and oxygen atoms in total. The zero-order valence-electron chi connectivity index (χ0n) is 12.7. The first-order chi connectivity index (χ1) is 9.70. The van der Waals surface area contributed by atoms with E-state index in [1.165, 1.54) is 38.4 Å². The van der Waals surface area contributed by atoms with Crippen LogP contribution in [0.1, 0.15) is 19.4 Å². The van der Waals surface area contributed by atoms with E-state index >= 15 is 0 Å². The predicted molar refractivity (Wildman–Crippen MR) is 81.1 cm³/mol. The van der Waals surface area contributed by atoms with E-state index in [-0.39, 0.29) is 37.6 Å². The van der Waals surface area contributed by atoms with E-state index in [0.29, 0.717) is 0 Å². The zero-order valence-corrected chi connectivity index (χ0v) is 14.4. The van der Waals surface area contributed by atoms with E-state index in [0.717, 1.165) is 0 Å². The second kappa shape index (κ2) is 8.57. The van der Waals surface area contributed by atoms with Crippen molar-refractivity contribution >= 4 is 36.6 Å². The normalized spacial score (nSPS) is 14.9. The summed E-state index contributed by atoms with van der Waals surface area (Å²) in [6.07, 6.45) is 2.04. The molecule has 0 spiro atoms. The molecule has 0 saturated carbocycles. The van der Waals surface area contributed by atoms with Gasteiger partial charge in [-0.05, 0) is 25.5 Å².